The Morgan fingerprint density at radius 3 is 2.14 bits per heavy atom. The smallest absolute Gasteiger partial charge is 0.253 e. The summed E-state index contributed by atoms with van der Waals surface area (Å²) in [5, 5.41) is 0. The van der Waals surface area contributed by atoms with E-state index in [9.17, 15) is 13.2 Å². The average Bonchev–Trinajstić information content (AvgIpc) is 2.47. The summed E-state index contributed by atoms with van der Waals surface area (Å²) in [5.74, 6) is 0.650. The van der Waals surface area contributed by atoms with Gasteiger partial charge in [-0.1, -0.05) is 6.92 Å². The summed E-state index contributed by atoms with van der Waals surface area (Å²) in [6.45, 7) is 3.75. The van der Waals surface area contributed by atoms with Gasteiger partial charge >= 0.3 is 0 Å². The van der Waals surface area contributed by atoms with Crippen molar-refractivity contribution in [2.24, 2.45) is 5.92 Å². The van der Waals surface area contributed by atoms with Crippen LogP contribution in [0.4, 0.5) is 0 Å². The van der Waals surface area contributed by atoms with Gasteiger partial charge in [-0.05, 0) is 43.0 Å². The van der Waals surface area contributed by atoms with Crippen molar-refractivity contribution in [3.63, 3.8) is 0 Å². The van der Waals surface area contributed by atoms with E-state index in [0.717, 1.165) is 30.2 Å². The van der Waals surface area contributed by atoms with Crippen LogP contribution in [0.2, 0.25) is 0 Å². The zero-order chi connectivity index (χ0) is 15.6. The minimum Gasteiger partial charge on any atom is -0.339 e. The summed E-state index contributed by atoms with van der Waals surface area (Å²) < 4.78 is 25.1. The van der Waals surface area contributed by atoms with Crippen molar-refractivity contribution in [1.82, 2.24) is 9.21 Å². The standard InChI is InChI=1S/C15H22N2O3S/c1-12-8-10-17(11-9-12)15(18)13-4-6-14(7-5-13)21(19,20)16(2)3/h4-7,12H,8-11H2,1-3H3. The third-order valence-electron chi connectivity index (χ3n) is 3.95. The normalized spacial score (nSPS) is 17.2. The van der Waals surface area contributed by atoms with E-state index in [1.54, 1.807) is 12.1 Å². The summed E-state index contributed by atoms with van der Waals surface area (Å²) in [4.78, 5) is 14.4. The lowest BCUT2D eigenvalue weighted by Crippen LogP contribution is -2.37. The maximum atomic E-state index is 12.4. The SMILES string of the molecule is CC1CCN(C(=O)c2ccc(S(=O)(=O)N(C)C)cc2)CC1. The fourth-order valence-electron chi connectivity index (χ4n) is 2.37. The monoisotopic (exact) mass is 310 g/mol. The van der Waals surface area contributed by atoms with Gasteiger partial charge in [0.25, 0.3) is 5.91 Å². The van der Waals surface area contributed by atoms with E-state index in [0.29, 0.717) is 11.5 Å². The van der Waals surface area contributed by atoms with Crippen molar-refractivity contribution >= 4 is 15.9 Å². The molecule has 1 aliphatic heterocycles. The molecule has 2 rings (SSSR count). The molecule has 1 amide bonds. The molecule has 1 fully saturated rings. The first-order valence-electron chi connectivity index (χ1n) is 7.14. The number of hydrogen-bond acceptors (Lipinski definition) is 3. The van der Waals surface area contributed by atoms with E-state index in [1.807, 2.05) is 4.90 Å². The van der Waals surface area contributed by atoms with Crippen LogP contribution < -0.4 is 0 Å². The fraction of sp³-hybridized carbons (Fsp3) is 0.533. The van der Waals surface area contributed by atoms with Gasteiger partial charge in [0.15, 0.2) is 0 Å². The third kappa shape index (κ3) is 3.44. The highest BCUT2D eigenvalue weighted by Crippen LogP contribution is 2.19. The lowest BCUT2D eigenvalue weighted by molar-refractivity contribution is 0.0697. The summed E-state index contributed by atoms with van der Waals surface area (Å²) in [6, 6.07) is 6.18. The molecule has 0 aliphatic carbocycles. The average molecular weight is 310 g/mol. The van der Waals surface area contributed by atoms with E-state index in [-0.39, 0.29) is 10.8 Å². The number of likely N-dealkylation sites (tertiary alicyclic amines) is 1. The third-order valence-corrected chi connectivity index (χ3v) is 5.78. The van der Waals surface area contributed by atoms with E-state index < -0.39 is 10.0 Å². The molecule has 1 saturated heterocycles. The lowest BCUT2D eigenvalue weighted by atomic mass is 9.98. The first-order valence-corrected chi connectivity index (χ1v) is 8.58. The number of nitrogens with zero attached hydrogens (tertiary/aromatic N) is 2. The van der Waals surface area contributed by atoms with Crippen molar-refractivity contribution in [2.75, 3.05) is 27.2 Å². The van der Waals surface area contributed by atoms with Crippen LogP contribution in [0.5, 0.6) is 0 Å². The molecule has 1 aromatic carbocycles. The minimum absolute atomic E-state index is 0.0179. The molecule has 5 nitrogen and oxygen atoms in total. The Bertz CT molecular complexity index is 600. The van der Waals surface area contributed by atoms with Crippen molar-refractivity contribution in [3.05, 3.63) is 29.8 Å². The highest BCUT2D eigenvalue weighted by Gasteiger charge is 2.22. The minimum atomic E-state index is -3.44. The van der Waals surface area contributed by atoms with Crippen LogP contribution in [0.1, 0.15) is 30.1 Å². The van der Waals surface area contributed by atoms with Crippen molar-refractivity contribution in [1.29, 1.82) is 0 Å². The van der Waals surface area contributed by atoms with E-state index >= 15 is 0 Å². The molecule has 0 unspecified atom stereocenters. The number of amides is 1. The molecule has 0 radical (unpaired) electrons. The summed E-state index contributed by atoms with van der Waals surface area (Å²) in [6.07, 6.45) is 2.05. The first kappa shape index (κ1) is 16.0. The van der Waals surface area contributed by atoms with Gasteiger partial charge in [0.05, 0.1) is 4.90 Å². The lowest BCUT2D eigenvalue weighted by Gasteiger charge is -2.30. The summed E-state index contributed by atoms with van der Waals surface area (Å²) in [7, 11) is -0.464. The fourth-order valence-corrected chi connectivity index (χ4v) is 3.28. The van der Waals surface area contributed by atoms with Crippen LogP contribution >= 0.6 is 0 Å². The maximum absolute atomic E-state index is 12.4. The topological polar surface area (TPSA) is 57.7 Å². The quantitative estimate of drug-likeness (QED) is 0.855. The van der Waals surface area contributed by atoms with Gasteiger partial charge in [-0.2, -0.15) is 0 Å². The van der Waals surface area contributed by atoms with Crippen LogP contribution in [-0.4, -0.2) is 50.7 Å². The number of piperidine rings is 1. The number of carbonyl (C=O) groups excluding carboxylic acids is 1. The largest absolute Gasteiger partial charge is 0.339 e. The highest BCUT2D eigenvalue weighted by atomic mass is 32.2. The van der Waals surface area contributed by atoms with Crippen molar-refractivity contribution < 1.29 is 13.2 Å². The molecule has 1 heterocycles. The van der Waals surface area contributed by atoms with Gasteiger partial charge < -0.3 is 4.90 Å². The molecule has 0 spiro atoms. The number of rotatable bonds is 3. The molecule has 21 heavy (non-hydrogen) atoms. The van der Waals surface area contributed by atoms with Crippen molar-refractivity contribution in [2.45, 2.75) is 24.7 Å². The Labute approximate surface area is 126 Å². The second-order valence-corrected chi connectivity index (χ2v) is 7.94. The van der Waals surface area contributed by atoms with Gasteiger partial charge in [0.2, 0.25) is 10.0 Å². The maximum Gasteiger partial charge on any atom is 0.253 e. The second kappa shape index (κ2) is 6.15. The predicted octanol–water partition coefficient (Wildman–Crippen LogP) is 1.81. The molecule has 6 heteroatoms. The Balaban J connectivity index is 2.14. The van der Waals surface area contributed by atoms with Crippen molar-refractivity contribution in [3.8, 4) is 0 Å². The molecule has 116 valence electrons. The Morgan fingerprint density at radius 1 is 1.14 bits per heavy atom. The van der Waals surface area contributed by atoms with Crippen LogP contribution in [0, 0.1) is 5.92 Å². The van der Waals surface area contributed by atoms with Gasteiger partial charge in [-0.3, -0.25) is 4.79 Å². The van der Waals surface area contributed by atoms with Gasteiger partial charge in [0, 0.05) is 32.7 Å². The summed E-state index contributed by atoms with van der Waals surface area (Å²) in [5.41, 5.74) is 0.544. The molecular formula is C15H22N2O3S. The van der Waals surface area contributed by atoms with Crippen LogP contribution in [0.3, 0.4) is 0 Å². The number of benzene rings is 1. The van der Waals surface area contributed by atoms with Gasteiger partial charge in [0.1, 0.15) is 0 Å². The summed E-state index contributed by atoms with van der Waals surface area (Å²) >= 11 is 0. The van der Waals surface area contributed by atoms with Crippen LogP contribution in [-0.2, 0) is 10.0 Å². The predicted molar refractivity (Wildman–Crippen MR) is 81.6 cm³/mol. The van der Waals surface area contributed by atoms with Crippen LogP contribution in [0.25, 0.3) is 0 Å². The van der Waals surface area contributed by atoms with E-state index in [2.05, 4.69) is 6.92 Å². The molecule has 0 bridgehead atoms. The van der Waals surface area contributed by atoms with E-state index in [4.69, 9.17) is 0 Å². The zero-order valence-corrected chi connectivity index (χ0v) is 13.6. The van der Waals surface area contributed by atoms with Gasteiger partial charge in [-0.15, -0.1) is 0 Å². The molecular weight excluding hydrogens is 288 g/mol. The molecule has 0 aromatic heterocycles. The molecule has 1 aromatic rings. The van der Waals surface area contributed by atoms with Crippen LogP contribution in [0.15, 0.2) is 29.2 Å². The number of hydrogen-bond donors (Lipinski definition) is 0. The zero-order valence-electron chi connectivity index (χ0n) is 12.7. The molecule has 1 aliphatic rings. The Kier molecular flexibility index (Phi) is 4.68. The molecule has 0 saturated carbocycles. The Hall–Kier alpha value is -1.40. The first-order chi connectivity index (χ1) is 9.82. The number of carbonyl (C=O) groups is 1. The molecule has 0 atom stereocenters. The number of sulfonamides is 1. The second-order valence-electron chi connectivity index (χ2n) is 5.79. The highest BCUT2D eigenvalue weighted by molar-refractivity contribution is 7.89. The molecule has 0 N–H and O–H groups in total. The van der Waals surface area contributed by atoms with Gasteiger partial charge in [-0.25, -0.2) is 12.7 Å². The Morgan fingerprint density at radius 2 is 1.67 bits per heavy atom. The van der Waals surface area contributed by atoms with E-state index in [1.165, 1.54) is 26.2 Å².